The van der Waals surface area contributed by atoms with Crippen molar-refractivity contribution in [2.75, 3.05) is 13.2 Å². The van der Waals surface area contributed by atoms with Crippen LogP contribution in [0.2, 0.25) is 0 Å². The molecule has 3 rings (SSSR count). The van der Waals surface area contributed by atoms with Gasteiger partial charge in [0.25, 0.3) is 0 Å². The van der Waals surface area contributed by atoms with E-state index >= 15 is 0 Å². The molecule has 1 heterocycles. The van der Waals surface area contributed by atoms with Gasteiger partial charge in [0.2, 0.25) is 0 Å². The van der Waals surface area contributed by atoms with Gasteiger partial charge < -0.3 is 10.1 Å². The van der Waals surface area contributed by atoms with Gasteiger partial charge in [-0.25, -0.2) is 0 Å². The molecule has 21 heavy (non-hydrogen) atoms. The summed E-state index contributed by atoms with van der Waals surface area (Å²) in [7, 11) is 0. The average Bonchev–Trinajstić information content (AvgIpc) is 2.93. The van der Waals surface area contributed by atoms with Crippen molar-refractivity contribution in [1.29, 1.82) is 0 Å². The third kappa shape index (κ3) is 3.00. The topological polar surface area (TPSA) is 21.3 Å². The molecule has 1 aromatic rings. The standard InChI is InChI=1S/C18H26BrNO/c1-3-20-17(18(2)8-5-4-6-9-18)15-12-14(19)11-13-7-10-21-16(13)15/h11-12,17,20H,3-10H2,1-2H3. The van der Waals surface area contributed by atoms with E-state index in [0.29, 0.717) is 11.5 Å². The molecule has 1 aliphatic heterocycles. The molecule has 2 nitrogen and oxygen atoms in total. The summed E-state index contributed by atoms with van der Waals surface area (Å²) >= 11 is 3.69. The molecule has 0 bridgehead atoms. The van der Waals surface area contributed by atoms with Gasteiger partial charge in [-0.05, 0) is 42.5 Å². The molecule has 0 aromatic heterocycles. The third-order valence-corrected chi connectivity index (χ3v) is 5.65. The number of halogens is 1. The van der Waals surface area contributed by atoms with Gasteiger partial charge in [0.05, 0.1) is 6.61 Å². The quantitative estimate of drug-likeness (QED) is 0.823. The summed E-state index contributed by atoms with van der Waals surface area (Å²) < 4.78 is 7.17. The lowest BCUT2D eigenvalue weighted by Crippen LogP contribution is -2.38. The van der Waals surface area contributed by atoms with E-state index in [2.05, 4.69) is 47.2 Å². The highest BCUT2D eigenvalue weighted by molar-refractivity contribution is 9.10. The minimum Gasteiger partial charge on any atom is -0.493 e. The van der Waals surface area contributed by atoms with Crippen molar-refractivity contribution in [1.82, 2.24) is 5.32 Å². The number of hydrogen-bond donors (Lipinski definition) is 1. The van der Waals surface area contributed by atoms with E-state index in [4.69, 9.17) is 4.74 Å². The first-order valence-electron chi connectivity index (χ1n) is 8.32. The SMILES string of the molecule is CCNC(c1cc(Br)cc2c1OCC2)C1(C)CCCCC1. The molecule has 1 unspecified atom stereocenters. The number of benzene rings is 1. The van der Waals surface area contributed by atoms with E-state index in [9.17, 15) is 0 Å². The Hall–Kier alpha value is -0.540. The average molecular weight is 352 g/mol. The fourth-order valence-corrected chi connectivity index (χ4v) is 4.62. The summed E-state index contributed by atoms with van der Waals surface area (Å²) in [6.45, 7) is 6.50. The molecule has 0 spiro atoms. The summed E-state index contributed by atoms with van der Waals surface area (Å²) in [6, 6.07) is 4.89. The summed E-state index contributed by atoms with van der Waals surface area (Å²) in [5.74, 6) is 1.15. The monoisotopic (exact) mass is 351 g/mol. The minimum atomic E-state index is 0.342. The number of hydrogen-bond acceptors (Lipinski definition) is 2. The summed E-state index contributed by atoms with van der Waals surface area (Å²) in [6.07, 6.45) is 7.77. The molecule has 0 amide bonds. The van der Waals surface area contributed by atoms with Crippen LogP contribution >= 0.6 is 15.9 Å². The highest BCUT2D eigenvalue weighted by atomic mass is 79.9. The van der Waals surface area contributed by atoms with E-state index in [1.54, 1.807) is 0 Å². The van der Waals surface area contributed by atoms with Crippen LogP contribution in [-0.2, 0) is 6.42 Å². The van der Waals surface area contributed by atoms with Crippen LogP contribution in [0.5, 0.6) is 5.75 Å². The van der Waals surface area contributed by atoms with E-state index < -0.39 is 0 Å². The fourth-order valence-electron chi connectivity index (χ4n) is 4.10. The van der Waals surface area contributed by atoms with Crippen LogP contribution in [-0.4, -0.2) is 13.2 Å². The molecular weight excluding hydrogens is 326 g/mol. The zero-order valence-corrected chi connectivity index (χ0v) is 14.8. The van der Waals surface area contributed by atoms with Crippen LogP contribution in [0, 0.1) is 5.41 Å². The van der Waals surface area contributed by atoms with Gasteiger partial charge in [-0.2, -0.15) is 0 Å². The second kappa shape index (κ2) is 6.29. The second-order valence-corrected chi connectivity index (χ2v) is 7.70. The van der Waals surface area contributed by atoms with Crippen LogP contribution in [0.4, 0.5) is 0 Å². The number of rotatable bonds is 4. The molecule has 1 aromatic carbocycles. The maximum Gasteiger partial charge on any atom is 0.127 e. The highest BCUT2D eigenvalue weighted by Crippen LogP contribution is 2.49. The first kappa shape index (κ1) is 15.4. The Bertz CT molecular complexity index is 508. The third-order valence-electron chi connectivity index (χ3n) is 5.19. The smallest absolute Gasteiger partial charge is 0.127 e. The predicted molar refractivity (Wildman–Crippen MR) is 91.0 cm³/mol. The highest BCUT2D eigenvalue weighted by Gasteiger charge is 2.38. The molecule has 0 radical (unpaired) electrons. The van der Waals surface area contributed by atoms with E-state index in [-0.39, 0.29) is 0 Å². The Labute approximate surface area is 136 Å². The van der Waals surface area contributed by atoms with E-state index in [0.717, 1.165) is 25.3 Å². The Balaban J connectivity index is 2.01. The van der Waals surface area contributed by atoms with Crippen LogP contribution in [0.1, 0.15) is 63.1 Å². The summed E-state index contributed by atoms with van der Waals surface area (Å²) in [5, 5.41) is 3.77. The Morgan fingerprint density at radius 1 is 1.29 bits per heavy atom. The molecule has 1 N–H and O–H groups in total. The molecule has 2 aliphatic rings. The van der Waals surface area contributed by atoms with Gasteiger partial charge in [0, 0.05) is 22.5 Å². The molecule has 116 valence electrons. The van der Waals surface area contributed by atoms with Crippen LogP contribution in [0.15, 0.2) is 16.6 Å². The van der Waals surface area contributed by atoms with Gasteiger partial charge in [-0.15, -0.1) is 0 Å². The van der Waals surface area contributed by atoms with Crippen molar-refractivity contribution >= 4 is 15.9 Å². The first-order chi connectivity index (χ1) is 10.1. The largest absolute Gasteiger partial charge is 0.493 e. The zero-order valence-electron chi connectivity index (χ0n) is 13.2. The Morgan fingerprint density at radius 3 is 2.76 bits per heavy atom. The predicted octanol–water partition coefficient (Wildman–Crippen LogP) is 5.01. The molecule has 1 aliphatic carbocycles. The van der Waals surface area contributed by atoms with Crippen LogP contribution in [0.25, 0.3) is 0 Å². The first-order valence-corrected chi connectivity index (χ1v) is 9.12. The van der Waals surface area contributed by atoms with E-state index in [1.165, 1.54) is 47.7 Å². The van der Waals surface area contributed by atoms with Crippen LogP contribution < -0.4 is 10.1 Å². The fraction of sp³-hybridized carbons (Fsp3) is 0.667. The maximum absolute atomic E-state index is 5.99. The lowest BCUT2D eigenvalue weighted by molar-refractivity contribution is 0.143. The summed E-state index contributed by atoms with van der Waals surface area (Å²) in [4.78, 5) is 0. The van der Waals surface area contributed by atoms with Gasteiger partial charge in [0.15, 0.2) is 0 Å². The Kier molecular flexibility index (Phi) is 4.60. The maximum atomic E-state index is 5.99. The molecule has 1 saturated carbocycles. The summed E-state index contributed by atoms with van der Waals surface area (Å²) in [5.41, 5.74) is 3.07. The lowest BCUT2D eigenvalue weighted by atomic mass is 9.68. The lowest BCUT2D eigenvalue weighted by Gasteiger charge is -2.42. The van der Waals surface area contributed by atoms with Crippen molar-refractivity contribution < 1.29 is 4.74 Å². The normalized spacial score (nSPS) is 21.7. The van der Waals surface area contributed by atoms with Gasteiger partial charge in [0.1, 0.15) is 5.75 Å². The number of nitrogens with one attached hydrogen (secondary N) is 1. The van der Waals surface area contributed by atoms with Crippen molar-refractivity contribution in [3.63, 3.8) is 0 Å². The number of fused-ring (bicyclic) bond motifs is 1. The van der Waals surface area contributed by atoms with Crippen molar-refractivity contribution in [3.05, 3.63) is 27.7 Å². The molecule has 3 heteroatoms. The minimum absolute atomic E-state index is 0.342. The molecule has 1 atom stereocenters. The van der Waals surface area contributed by atoms with Gasteiger partial charge >= 0.3 is 0 Å². The second-order valence-electron chi connectivity index (χ2n) is 6.79. The van der Waals surface area contributed by atoms with Crippen molar-refractivity contribution in [2.24, 2.45) is 5.41 Å². The van der Waals surface area contributed by atoms with Gasteiger partial charge in [-0.3, -0.25) is 0 Å². The number of ether oxygens (including phenoxy) is 1. The molecular formula is C18H26BrNO. The van der Waals surface area contributed by atoms with Gasteiger partial charge in [-0.1, -0.05) is 49.0 Å². The van der Waals surface area contributed by atoms with Crippen molar-refractivity contribution in [3.8, 4) is 5.75 Å². The molecule has 0 saturated heterocycles. The Morgan fingerprint density at radius 2 is 2.05 bits per heavy atom. The van der Waals surface area contributed by atoms with Crippen molar-refractivity contribution in [2.45, 2.75) is 58.4 Å². The molecule has 1 fully saturated rings. The van der Waals surface area contributed by atoms with E-state index in [1.807, 2.05) is 0 Å². The van der Waals surface area contributed by atoms with Crippen LogP contribution in [0.3, 0.4) is 0 Å². The zero-order chi connectivity index (χ0) is 14.9.